The number of furan rings is 2. The maximum Gasteiger partial charge on any atom is 0.375 e. The molecule has 0 bridgehead atoms. The van der Waals surface area contributed by atoms with Crippen molar-refractivity contribution in [1.82, 2.24) is 0 Å². The molecule has 0 spiro atoms. The maximum absolute atomic E-state index is 7.35. The molecule has 4 nitrogen and oxygen atoms in total. The Morgan fingerprint density at radius 1 is 0.475 bits per heavy atom. The number of hydrogen-bond acceptors (Lipinski definition) is 4. The topological polar surface area (TPSA) is 32.8 Å². The van der Waals surface area contributed by atoms with Crippen molar-refractivity contribution in [1.29, 1.82) is 0 Å². The van der Waals surface area contributed by atoms with E-state index in [1.165, 1.54) is 49.6 Å². The second-order valence-corrected chi connectivity index (χ2v) is 18.9. The molecule has 12 rings (SSSR count). The van der Waals surface area contributed by atoms with Crippen LogP contribution >= 0.6 is 0 Å². The van der Waals surface area contributed by atoms with Crippen LogP contribution in [0.2, 0.25) is 0 Å². The molecule has 0 radical (unpaired) electrons. The van der Waals surface area contributed by atoms with Crippen LogP contribution < -0.4 is 20.8 Å². The van der Waals surface area contributed by atoms with Crippen LogP contribution in [0.15, 0.2) is 173 Å². The molecule has 0 saturated carbocycles. The fourth-order valence-electron chi connectivity index (χ4n) is 10.1. The molecular formula is C56H45BN2O2. The fourth-order valence-corrected chi connectivity index (χ4v) is 10.1. The molecule has 294 valence electrons. The number of benzene rings is 8. The Morgan fingerprint density at radius 3 is 1.85 bits per heavy atom. The van der Waals surface area contributed by atoms with Crippen molar-refractivity contribution in [2.24, 2.45) is 0 Å². The lowest BCUT2D eigenvalue weighted by molar-refractivity contribution is 0.590. The summed E-state index contributed by atoms with van der Waals surface area (Å²) in [5.41, 5.74) is 17.6. The Kier molecular flexibility index (Phi) is 7.52. The largest absolute Gasteiger partial charge is 0.466 e. The van der Waals surface area contributed by atoms with E-state index in [1.54, 1.807) is 0 Å². The second-order valence-electron chi connectivity index (χ2n) is 18.9. The van der Waals surface area contributed by atoms with Gasteiger partial charge in [0.1, 0.15) is 22.4 Å². The van der Waals surface area contributed by atoms with Gasteiger partial charge < -0.3 is 18.5 Å². The van der Waals surface area contributed by atoms with Crippen LogP contribution in [0.4, 0.5) is 28.4 Å². The predicted molar refractivity (Wildman–Crippen MR) is 258 cm³/mol. The first kappa shape index (κ1) is 35.9. The van der Waals surface area contributed by atoms with Crippen molar-refractivity contribution in [2.45, 2.75) is 52.4 Å². The molecule has 2 aromatic heterocycles. The van der Waals surface area contributed by atoms with E-state index in [4.69, 9.17) is 8.83 Å². The summed E-state index contributed by atoms with van der Waals surface area (Å²) in [4.78, 5) is 5.08. The first-order valence-corrected chi connectivity index (χ1v) is 21.5. The predicted octanol–water partition coefficient (Wildman–Crippen LogP) is 14.5. The zero-order chi connectivity index (χ0) is 41.4. The van der Waals surface area contributed by atoms with Crippen molar-refractivity contribution in [3.05, 3.63) is 175 Å². The van der Waals surface area contributed by atoms with E-state index in [-0.39, 0.29) is 17.7 Å². The molecule has 2 aliphatic rings. The minimum absolute atomic E-state index is 0.00128. The zero-order valence-electron chi connectivity index (χ0n) is 35.4. The Bertz CT molecular complexity index is 3400. The van der Waals surface area contributed by atoms with Gasteiger partial charge in [-0.25, -0.2) is 0 Å². The molecular weight excluding hydrogens is 743 g/mol. The van der Waals surface area contributed by atoms with Gasteiger partial charge in [-0.15, -0.1) is 0 Å². The van der Waals surface area contributed by atoms with Gasteiger partial charge in [0, 0.05) is 39.0 Å². The third-order valence-corrected chi connectivity index (χ3v) is 13.1. The van der Waals surface area contributed by atoms with Crippen LogP contribution in [-0.2, 0) is 10.8 Å². The lowest BCUT2D eigenvalue weighted by atomic mass is 9.45. The molecule has 8 aromatic carbocycles. The normalized spacial score (nSPS) is 13.6. The minimum Gasteiger partial charge on any atom is -0.466 e. The number of para-hydroxylation sites is 2. The van der Waals surface area contributed by atoms with E-state index >= 15 is 0 Å². The van der Waals surface area contributed by atoms with Crippen molar-refractivity contribution in [2.75, 3.05) is 9.71 Å². The first-order chi connectivity index (χ1) is 29.5. The van der Waals surface area contributed by atoms with Crippen LogP contribution in [0.5, 0.6) is 0 Å². The summed E-state index contributed by atoms with van der Waals surface area (Å²) in [6.45, 7) is 13.4. The van der Waals surface area contributed by atoms with Crippen LogP contribution in [0.1, 0.15) is 52.7 Å². The van der Waals surface area contributed by atoms with E-state index in [0.717, 1.165) is 67.0 Å². The Morgan fingerprint density at radius 2 is 1.11 bits per heavy atom. The highest BCUT2D eigenvalue weighted by Crippen LogP contribution is 2.54. The summed E-state index contributed by atoms with van der Waals surface area (Å²) in [6.07, 6.45) is 0. The molecule has 0 atom stereocenters. The van der Waals surface area contributed by atoms with Gasteiger partial charge in [-0.1, -0.05) is 145 Å². The molecule has 0 saturated heterocycles. The summed E-state index contributed by atoms with van der Waals surface area (Å²) in [7, 11) is 0. The van der Waals surface area contributed by atoms with Crippen molar-refractivity contribution < 1.29 is 8.83 Å². The summed E-state index contributed by atoms with van der Waals surface area (Å²) in [5.74, 6) is 0. The van der Waals surface area contributed by atoms with Gasteiger partial charge in [-0.05, 0) is 110 Å². The highest BCUT2D eigenvalue weighted by atomic mass is 16.3. The van der Waals surface area contributed by atoms with Crippen molar-refractivity contribution in [3.63, 3.8) is 0 Å². The number of fused-ring (bicyclic) bond motifs is 12. The Hall–Kier alpha value is -6.98. The lowest BCUT2D eigenvalue weighted by Crippen LogP contribution is -2.61. The molecule has 0 amide bonds. The summed E-state index contributed by atoms with van der Waals surface area (Å²) in [6, 6.07) is 60.0. The number of rotatable bonds is 3. The first-order valence-electron chi connectivity index (χ1n) is 21.5. The quantitative estimate of drug-likeness (QED) is 0.167. The zero-order valence-corrected chi connectivity index (χ0v) is 35.4. The average molecular weight is 789 g/mol. The Labute approximate surface area is 356 Å². The van der Waals surface area contributed by atoms with E-state index in [2.05, 4.69) is 215 Å². The van der Waals surface area contributed by atoms with Gasteiger partial charge >= 0.3 is 6.85 Å². The molecule has 10 aromatic rings. The lowest BCUT2D eigenvalue weighted by Gasteiger charge is -2.45. The average Bonchev–Trinajstić information content (AvgIpc) is 3.85. The monoisotopic (exact) mass is 788 g/mol. The third kappa shape index (κ3) is 5.26. The highest BCUT2D eigenvalue weighted by Gasteiger charge is 2.50. The maximum atomic E-state index is 7.35. The van der Waals surface area contributed by atoms with Crippen LogP contribution in [-0.4, -0.2) is 6.85 Å². The van der Waals surface area contributed by atoms with Gasteiger partial charge in [-0.3, -0.25) is 0 Å². The smallest absolute Gasteiger partial charge is 0.375 e. The van der Waals surface area contributed by atoms with Gasteiger partial charge in [0.15, 0.2) is 0 Å². The van der Waals surface area contributed by atoms with Crippen LogP contribution in [0.3, 0.4) is 0 Å². The summed E-state index contributed by atoms with van der Waals surface area (Å²) in [5, 5.41) is 5.70. The molecule has 2 aliphatic heterocycles. The van der Waals surface area contributed by atoms with Crippen LogP contribution in [0.25, 0.3) is 65.9 Å². The van der Waals surface area contributed by atoms with Gasteiger partial charge in [0.25, 0.3) is 0 Å². The second kappa shape index (κ2) is 12.8. The summed E-state index contributed by atoms with van der Waals surface area (Å²) < 4.78 is 14.0. The van der Waals surface area contributed by atoms with Gasteiger partial charge in [0.2, 0.25) is 0 Å². The molecule has 0 unspecified atom stereocenters. The van der Waals surface area contributed by atoms with Crippen molar-refractivity contribution in [3.8, 4) is 22.3 Å². The van der Waals surface area contributed by atoms with Gasteiger partial charge in [-0.2, -0.15) is 0 Å². The molecule has 0 N–H and O–H groups in total. The van der Waals surface area contributed by atoms with E-state index in [9.17, 15) is 0 Å². The number of nitrogens with zero attached hydrogens (tertiary/aromatic N) is 2. The molecule has 61 heavy (non-hydrogen) atoms. The number of hydrogen-bond donors (Lipinski definition) is 0. The van der Waals surface area contributed by atoms with Crippen molar-refractivity contribution >= 4 is 90.1 Å². The number of anilines is 5. The third-order valence-electron chi connectivity index (χ3n) is 13.1. The van der Waals surface area contributed by atoms with Gasteiger partial charge in [0.05, 0.1) is 16.8 Å². The minimum atomic E-state index is -0.311. The summed E-state index contributed by atoms with van der Waals surface area (Å²) >= 11 is 0. The van der Waals surface area contributed by atoms with E-state index < -0.39 is 0 Å². The SMILES string of the molecule is CC(C)(C)c1ccc(N2B3c4oc5ccccc5c4N(c4ccc(C(C)(C)C)cc4-c4ccccc4)c4cc5ccccc5c(c43)-c3ccc4oc5ccccc5c4c32)cc1. The van der Waals surface area contributed by atoms with E-state index in [0.29, 0.717) is 0 Å². The standard InChI is InChI=1S/C56H45BN2O2/c1-55(2,3)36-24-27-38(28-25-36)59-52-42(29-31-48-50(52)40-20-12-14-22-46(40)60-48)49-39-19-11-10-18-35(39)32-45-51(49)57(59)54-53(41-21-13-15-23-47(41)61-54)58(45)44-30-26-37(56(4,5)6)33-43(44)34-16-8-7-9-17-34/h7-33H,1-6H3. The molecule has 0 fully saturated rings. The molecule has 0 aliphatic carbocycles. The molecule has 5 heteroatoms. The highest BCUT2D eigenvalue weighted by molar-refractivity contribution is 6.93. The Balaban J connectivity index is 1.27. The molecule has 4 heterocycles. The fraction of sp³-hybridized carbons (Fsp3) is 0.143. The van der Waals surface area contributed by atoms with Crippen LogP contribution in [0, 0.1) is 0 Å². The van der Waals surface area contributed by atoms with E-state index in [1.807, 2.05) is 0 Å².